The Hall–Kier alpha value is -0.120. The third-order valence-corrected chi connectivity index (χ3v) is 4.64. The number of nitrogens with one attached hydrogen (secondary N) is 1. The first-order valence-corrected chi connectivity index (χ1v) is 8.30. The molecule has 3 nitrogen and oxygen atoms in total. The molecular weight excluding hydrogens is 236 g/mol. The topological polar surface area (TPSA) is 24.5 Å². The predicted molar refractivity (Wildman–Crippen MR) is 80.5 cm³/mol. The van der Waals surface area contributed by atoms with E-state index in [4.69, 9.17) is 4.74 Å². The van der Waals surface area contributed by atoms with Crippen molar-refractivity contribution in [3.8, 4) is 0 Å². The number of hydrogen-bond acceptors (Lipinski definition) is 3. The van der Waals surface area contributed by atoms with Crippen molar-refractivity contribution < 1.29 is 4.74 Å². The summed E-state index contributed by atoms with van der Waals surface area (Å²) in [6.07, 6.45) is 7.93. The predicted octanol–water partition coefficient (Wildman–Crippen LogP) is 2.65. The fraction of sp³-hybridized carbons (Fsp3) is 1.00. The molecule has 0 aromatic heterocycles. The van der Waals surface area contributed by atoms with Gasteiger partial charge in [-0.1, -0.05) is 26.2 Å². The molecule has 19 heavy (non-hydrogen) atoms. The van der Waals surface area contributed by atoms with Crippen molar-refractivity contribution in [2.75, 3.05) is 26.2 Å². The SMILES string of the molecule is CCNC(CN1C[C@@H](C)O[C@@H](C)C1)C1CCCCC1. The maximum Gasteiger partial charge on any atom is 0.0678 e. The van der Waals surface area contributed by atoms with Gasteiger partial charge in [-0.25, -0.2) is 0 Å². The maximum atomic E-state index is 5.84. The minimum atomic E-state index is 0.386. The molecule has 3 heteroatoms. The lowest BCUT2D eigenvalue weighted by Crippen LogP contribution is -2.52. The molecule has 0 aromatic carbocycles. The lowest BCUT2D eigenvalue weighted by Gasteiger charge is -2.40. The van der Waals surface area contributed by atoms with Crippen LogP contribution in [0.1, 0.15) is 52.9 Å². The Kier molecular flexibility index (Phi) is 6.11. The van der Waals surface area contributed by atoms with Crippen molar-refractivity contribution in [1.82, 2.24) is 10.2 Å². The van der Waals surface area contributed by atoms with Crippen LogP contribution in [-0.4, -0.2) is 49.3 Å². The number of ether oxygens (including phenoxy) is 1. The number of hydrogen-bond donors (Lipinski definition) is 1. The lowest BCUT2D eigenvalue weighted by atomic mass is 9.83. The summed E-state index contributed by atoms with van der Waals surface area (Å²) in [6.45, 7) is 11.1. The summed E-state index contributed by atoms with van der Waals surface area (Å²) in [4.78, 5) is 2.61. The van der Waals surface area contributed by atoms with E-state index < -0.39 is 0 Å². The van der Waals surface area contributed by atoms with Gasteiger partial charge in [0.2, 0.25) is 0 Å². The first kappa shape index (κ1) is 15.3. The van der Waals surface area contributed by atoms with Crippen molar-refractivity contribution in [1.29, 1.82) is 0 Å². The molecule has 1 N–H and O–H groups in total. The van der Waals surface area contributed by atoms with Gasteiger partial charge in [-0.15, -0.1) is 0 Å². The number of likely N-dealkylation sites (N-methyl/N-ethyl adjacent to an activating group) is 1. The fourth-order valence-corrected chi connectivity index (χ4v) is 3.89. The molecule has 3 atom stereocenters. The molecule has 2 fully saturated rings. The van der Waals surface area contributed by atoms with E-state index in [0.717, 1.165) is 25.6 Å². The van der Waals surface area contributed by atoms with Crippen LogP contribution in [0.3, 0.4) is 0 Å². The average Bonchev–Trinajstić information content (AvgIpc) is 2.38. The van der Waals surface area contributed by atoms with Crippen LogP contribution in [0.25, 0.3) is 0 Å². The van der Waals surface area contributed by atoms with Crippen LogP contribution in [0, 0.1) is 5.92 Å². The highest BCUT2D eigenvalue weighted by Crippen LogP contribution is 2.27. The number of rotatable bonds is 5. The Morgan fingerprint density at radius 3 is 2.32 bits per heavy atom. The van der Waals surface area contributed by atoms with Gasteiger partial charge >= 0.3 is 0 Å². The fourth-order valence-electron chi connectivity index (χ4n) is 3.89. The van der Waals surface area contributed by atoms with Gasteiger partial charge in [-0.05, 0) is 39.2 Å². The van der Waals surface area contributed by atoms with E-state index in [-0.39, 0.29) is 0 Å². The van der Waals surface area contributed by atoms with Crippen LogP contribution in [0.4, 0.5) is 0 Å². The lowest BCUT2D eigenvalue weighted by molar-refractivity contribution is -0.0715. The van der Waals surface area contributed by atoms with Gasteiger partial charge in [-0.3, -0.25) is 4.90 Å². The molecule has 1 heterocycles. The molecule has 0 aromatic rings. The zero-order valence-electron chi connectivity index (χ0n) is 13.0. The largest absolute Gasteiger partial charge is 0.373 e. The summed E-state index contributed by atoms with van der Waals surface area (Å²) in [5.74, 6) is 0.891. The molecule has 1 aliphatic heterocycles. The number of morpholine rings is 1. The van der Waals surface area contributed by atoms with Crippen molar-refractivity contribution in [2.24, 2.45) is 5.92 Å². The van der Waals surface area contributed by atoms with Gasteiger partial charge in [0.05, 0.1) is 12.2 Å². The summed E-state index contributed by atoms with van der Waals surface area (Å²) in [5.41, 5.74) is 0. The van der Waals surface area contributed by atoms with E-state index in [1.807, 2.05) is 0 Å². The smallest absolute Gasteiger partial charge is 0.0678 e. The molecular formula is C16H32N2O. The summed E-state index contributed by atoms with van der Waals surface area (Å²) in [6, 6.07) is 0.683. The van der Waals surface area contributed by atoms with Crippen LogP contribution in [0.15, 0.2) is 0 Å². The molecule has 1 aliphatic carbocycles. The van der Waals surface area contributed by atoms with Gasteiger partial charge in [0.15, 0.2) is 0 Å². The van der Waals surface area contributed by atoms with Crippen LogP contribution in [-0.2, 0) is 4.74 Å². The second-order valence-corrected chi connectivity index (χ2v) is 6.54. The Labute approximate surface area is 119 Å². The summed E-state index contributed by atoms with van der Waals surface area (Å²) < 4.78 is 5.84. The third-order valence-electron chi connectivity index (χ3n) is 4.64. The van der Waals surface area contributed by atoms with E-state index in [9.17, 15) is 0 Å². The van der Waals surface area contributed by atoms with Crippen LogP contribution >= 0.6 is 0 Å². The Bertz CT molecular complexity index is 243. The first-order chi connectivity index (χ1) is 9.19. The van der Waals surface area contributed by atoms with Gasteiger partial charge < -0.3 is 10.1 Å². The van der Waals surface area contributed by atoms with Crippen molar-refractivity contribution >= 4 is 0 Å². The first-order valence-electron chi connectivity index (χ1n) is 8.30. The third kappa shape index (κ3) is 4.73. The maximum absolute atomic E-state index is 5.84. The van der Waals surface area contributed by atoms with Crippen molar-refractivity contribution in [2.45, 2.75) is 71.1 Å². The second-order valence-electron chi connectivity index (χ2n) is 6.54. The van der Waals surface area contributed by atoms with E-state index in [0.29, 0.717) is 18.2 Å². The van der Waals surface area contributed by atoms with Gasteiger partial charge in [0, 0.05) is 25.7 Å². The molecule has 0 radical (unpaired) electrons. The Morgan fingerprint density at radius 2 is 1.74 bits per heavy atom. The van der Waals surface area contributed by atoms with Gasteiger partial charge in [0.25, 0.3) is 0 Å². The molecule has 1 saturated heterocycles. The van der Waals surface area contributed by atoms with E-state index in [1.54, 1.807) is 0 Å². The van der Waals surface area contributed by atoms with Crippen LogP contribution < -0.4 is 5.32 Å². The minimum absolute atomic E-state index is 0.386. The molecule has 2 rings (SSSR count). The van der Waals surface area contributed by atoms with E-state index >= 15 is 0 Å². The average molecular weight is 268 g/mol. The molecule has 112 valence electrons. The second kappa shape index (κ2) is 7.61. The molecule has 0 amide bonds. The van der Waals surface area contributed by atoms with Gasteiger partial charge in [0.1, 0.15) is 0 Å². The normalized spacial score (nSPS) is 32.4. The van der Waals surface area contributed by atoms with Gasteiger partial charge in [-0.2, -0.15) is 0 Å². The molecule has 2 aliphatic rings. The molecule has 0 bridgehead atoms. The molecule has 1 unspecified atom stereocenters. The molecule has 0 spiro atoms. The zero-order chi connectivity index (χ0) is 13.7. The highest BCUT2D eigenvalue weighted by molar-refractivity contribution is 4.84. The summed E-state index contributed by atoms with van der Waals surface area (Å²) in [5, 5.41) is 3.75. The Balaban J connectivity index is 1.87. The Morgan fingerprint density at radius 1 is 1.11 bits per heavy atom. The van der Waals surface area contributed by atoms with Crippen molar-refractivity contribution in [3.63, 3.8) is 0 Å². The summed E-state index contributed by atoms with van der Waals surface area (Å²) >= 11 is 0. The highest BCUT2D eigenvalue weighted by atomic mass is 16.5. The van der Waals surface area contributed by atoms with Crippen LogP contribution in [0.2, 0.25) is 0 Å². The monoisotopic (exact) mass is 268 g/mol. The van der Waals surface area contributed by atoms with E-state index in [1.165, 1.54) is 38.6 Å². The molecule has 1 saturated carbocycles. The number of nitrogens with zero attached hydrogens (tertiary/aromatic N) is 1. The van der Waals surface area contributed by atoms with Crippen molar-refractivity contribution in [3.05, 3.63) is 0 Å². The standard InChI is InChI=1S/C16H32N2O/c1-4-17-16(15-8-6-5-7-9-15)12-18-10-13(2)19-14(3)11-18/h13-17H,4-12H2,1-3H3/t13-,14+,16?. The quantitative estimate of drug-likeness (QED) is 0.829. The minimum Gasteiger partial charge on any atom is -0.373 e. The van der Waals surface area contributed by atoms with E-state index in [2.05, 4.69) is 31.0 Å². The highest BCUT2D eigenvalue weighted by Gasteiger charge is 2.28. The van der Waals surface area contributed by atoms with Crippen LogP contribution in [0.5, 0.6) is 0 Å². The summed E-state index contributed by atoms with van der Waals surface area (Å²) in [7, 11) is 0. The zero-order valence-corrected chi connectivity index (χ0v) is 13.0.